The lowest BCUT2D eigenvalue weighted by molar-refractivity contribution is -0.00658. The summed E-state index contributed by atoms with van der Waals surface area (Å²) in [7, 11) is 0. The summed E-state index contributed by atoms with van der Waals surface area (Å²) in [4.78, 5) is 0. The van der Waals surface area contributed by atoms with Crippen molar-refractivity contribution >= 4 is 0 Å². The van der Waals surface area contributed by atoms with Gasteiger partial charge in [0, 0.05) is 0 Å². The van der Waals surface area contributed by atoms with Gasteiger partial charge in [-0.15, -0.1) is 0 Å². The zero-order chi connectivity index (χ0) is 12.5. The fourth-order valence-electron chi connectivity index (χ4n) is 1.76. The van der Waals surface area contributed by atoms with Crippen LogP contribution in [0.2, 0.25) is 0 Å². The van der Waals surface area contributed by atoms with Crippen LogP contribution in [0.3, 0.4) is 0 Å². The summed E-state index contributed by atoms with van der Waals surface area (Å²) in [6, 6.07) is 2.57. The van der Waals surface area contributed by atoms with Crippen LogP contribution in [0.5, 0.6) is 0 Å². The van der Waals surface area contributed by atoms with Crippen molar-refractivity contribution in [1.29, 1.82) is 0 Å². The molecule has 1 nitrogen and oxygen atoms in total. The Morgan fingerprint density at radius 1 is 1.38 bits per heavy atom. The average molecular weight is 228 g/mol. The zero-order valence-electron chi connectivity index (χ0n) is 10.1. The third-order valence-electron chi connectivity index (χ3n) is 3.36. The maximum absolute atomic E-state index is 13.9. The molecule has 0 saturated heterocycles. The highest BCUT2D eigenvalue weighted by atomic mass is 19.1. The number of aliphatic hydroxyl groups is 1. The van der Waals surface area contributed by atoms with E-state index in [9.17, 15) is 13.9 Å². The number of rotatable bonds is 3. The van der Waals surface area contributed by atoms with Gasteiger partial charge in [0.2, 0.25) is 0 Å². The number of aryl methyl sites for hydroxylation is 1. The Bertz CT molecular complexity index is 386. The van der Waals surface area contributed by atoms with Crippen LogP contribution in [0.1, 0.15) is 38.3 Å². The van der Waals surface area contributed by atoms with Gasteiger partial charge in [-0.3, -0.25) is 0 Å². The molecule has 16 heavy (non-hydrogen) atoms. The van der Waals surface area contributed by atoms with Crippen LogP contribution in [0.15, 0.2) is 12.1 Å². The number of hydrogen-bond donors (Lipinski definition) is 1. The molecule has 0 heterocycles. The van der Waals surface area contributed by atoms with E-state index in [1.165, 1.54) is 19.1 Å². The van der Waals surface area contributed by atoms with E-state index in [0.717, 1.165) is 0 Å². The minimum absolute atomic E-state index is 0.210. The quantitative estimate of drug-likeness (QED) is 0.839. The van der Waals surface area contributed by atoms with Crippen LogP contribution in [-0.4, -0.2) is 5.11 Å². The molecular weight excluding hydrogens is 210 g/mol. The van der Waals surface area contributed by atoms with Gasteiger partial charge >= 0.3 is 0 Å². The minimum atomic E-state index is -1.48. The lowest BCUT2D eigenvalue weighted by atomic mass is 9.81. The largest absolute Gasteiger partial charge is 0.385 e. The lowest BCUT2D eigenvalue weighted by Crippen LogP contribution is -2.32. The van der Waals surface area contributed by atoms with Crippen LogP contribution >= 0.6 is 0 Å². The topological polar surface area (TPSA) is 20.2 Å². The number of benzene rings is 1. The standard InChI is InChI=1S/C13H18F2O/c1-5-9(3)13(4,16)11-10(14)7-6-8(2)12(11)15/h6-7,9,16H,5H2,1-4H3. The van der Waals surface area contributed by atoms with Gasteiger partial charge in [0.1, 0.15) is 11.6 Å². The molecule has 0 aliphatic heterocycles. The van der Waals surface area contributed by atoms with Crippen molar-refractivity contribution in [3.63, 3.8) is 0 Å². The Morgan fingerprint density at radius 3 is 2.44 bits per heavy atom. The summed E-state index contributed by atoms with van der Waals surface area (Å²) in [6.07, 6.45) is 0.653. The van der Waals surface area contributed by atoms with Gasteiger partial charge in [-0.1, -0.05) is 26.3 Å². The molecule has 0 aliphatic rings. The Kier molecular flexibility index (Phi) is 3.68. The second kappa shape index (κ2) is 4.50. The molecule has 3 heteroatoms. The van der Waals surface area contributed by atoms with Gasteiger partial charge in [0.15, 0.2) is 0 Å². The van der Waals surface area contributed by atoms with E-state index in [2.05, 4.69) is 0 Å². The second-order valence-electron chi connectivity index (χ2n) is 4.51. The smallest absolute Gasteiger partial charge is 0.135 e. The molecule has 1 N–H and O–H groups in total. The highest BCUT2D eigenvalue weighted by Gasteiger charge is 2.35. The summed E-state index contributed by atoms with van der Waals surface area (Å²) in [5.74, 6) is -1.54. The van der Waals surface area contributed by atoms with Crippen LogP contribution in [0.25, 0.3) is 0 Å². The normalized spacial score (nSPS) is 16.9. The first-order valence-corrected chi connectivity index (χ1v) is 5.49. The van der Waals surface area contributed by atoms with Crippen molar-refractivity contribution in [2.75, 3.05) is 0 Å². The van der Waals surface area contributed by atoms with E-state index in [1.54, 1.807) is 13.8 Å². The molecular formula is C13H18F2O. The van der Waals surface area contributed by atoms with Crippen molar-refractivity contribution in [1.82, 2.24) is 0 Å². The van der Waals surface area contributed by atoms with Crippen molar-refractivity contribution in [2.24, 2.45) is 5.92 Å². The highest BCUT2D eigenvalue weighted by Crippen LogP contribution is 2.35. The average Bonchev–Trinajstić information content (AvgIpc) is 2.22. The molecule has 0 radical (unpaired) electrons. The van der Waals surface area contributed by atoms with Crippen molar-refractivity contribution in [2.45, 2.75) is 39.7 Å². The Labute approximate surface area is 95.1 Å². The zero-order valence-corrected chi connectivity index (χ0v) is 10.1. The highest BCUT2D eigenvalue weighted by molar-refractivity contribution is 5.31. The third-order valence-corrected chi connectivity index (χ3v) is 3.36. The maximum Gasteiger partial charge on any atom is 0.135 e. The molecule has 1 aromatic carbocycles. The molecule has 2 atom stereocenters. The maximum atomic E-state index is 13.9. The molecule has 1 aromatic rings. The first-order chi connectivity index (χ1) is 7.32. The predicted molar refractivity (Wildman–Crippen MR) is 60.1 cm³/mol. The molecule has 0 saturated carbocycles. The summed E-state index contributed by atoms with van der Waals surface area (Å²) >= 11 is 0. The molecule has 2 unspecified atom stereocenters. The Morgan fingerprint density at radius 2 is 1.94 bits per heavy atom. The summed E-state index contributed by atoms with van der Waals surface area (Å²) in [5.41, 5.74) is -1.35. The molecule has 0 fully saturated rings. The van der Waals surface area contributed by atoms with Crippen molar-refractivity contribution in [3.8, 4) is 0 Å². The monoisotopic (exact) mass is 228 g/mol. The van der Waals surface area contributed by atoms with Crippen molar-refractivity contribution < 1.29 is 13.9 Å². The minimum Gasteiger partial charge on any atom is -0.385 e. The van der Waals surface area contributed by atoms with Gasteiger partial charge < -0.3 is 5.11 Å². The van der Waals surface area contributed by atoms with Gasteiger partial charge in [-0.25, -0.2) is 8.78 Å². The number of halogens is 2. The molecule has 0 spiro atoms. The van der Waals surface area contributed by atoms with E-state index >= 15 is 0 Å². The lowest BCUT2D eigenvalue weighted by Gasteiger charge is -2.31. The van der Waals surface area contributed by atoms with Crippen molar-refractivity contribution in [3.05, 3.63) is 34.9 Å². The Hall–Kier alpha value is -0.960. The Balaban J connectivity index is 3.37. The van der Waals surface area contributed by atoms with Gasteiger partial charge in [0.25, 0.3) is 0 Å². The van der Waals surface area contributed by atoms with E-state index in [4.69, 9.17) is 0 Å². The summed E-state index contributed by atoms with van der Waals surface area (Å²) < 4.78 is 27.5. The van der Waals surface area contributed by atoms with Crippen LogP contribution in [0, 0.1) is 24.5 Å². The molecule has 0 aliphatic carbocycles. The number of hydrogen-bond acceptors (Lipinski definition) is 1. The molecule has 0 bridgehead atoms. The summed E-state index contributed by atoms with van der Waals surface area (Å²) in [6.45, 7) is 6.68. The third kappa shape index (κ3) is 2.09. The van der Waals surface area contributed by atoms with Gasteiger partial charge in [0.05, 0.1) is 11.2 Å². The van der Waals surface area contributed by atoms with Crippen LogP contribution < -0.4 is 0 Å². The van der Waals surface area contributed by atoms with E-state index in [-0.39, 0.29) is 11.5 Å². The van der Waals surface area contributed by atoms with Crippen LogP contribution in [-0.2, 0) is 5.60 Å². The molecule has 0 aromatic heterocycles. The second-order valence-corrected chi connectivity index (χ2v) is 4.51. The van der Waals surface area contributed by atoms with Gasteiger partial charge in [-0.2, -0.15) is 0 Å². The fraction of sp³-hybridized carbons (Fsp3) is 0.538. The molecule has 1 rings (SSSR count). The molecule has 0 amide bonds. The fourth-order valence-corrected chi connectivity index (χ4v) is 1.76. The molecule has 90 valence electrons. The van der Waals surface area contributed by atoms with E-state index in [0.29, 0.717) is 12.0 Å². The summed E-state index contributed by atoms with van der Waals surface area (Å²) in [5, 5.41) is 10.3. The predicted octanol–water partition coefficient (Wildman–Crippen LogP) is 3.53. The van der Waals surface area contributed by atoms with E-state index in [1.807, 2.05) is 6.92 Å². The van der Waals surface area contributed by atoms with E-state index < -0.39 is 17.2 Å². The SMILES string of the molecule is CCC(C)C(C)(O)c1c(F)ccc(C)c1F. The first kappa shape index (κ1) is 13.1. The van der Waals surface area contributed by atoms with Gasteiger partial charge in [-0.05, 0) is 31.4 Å². The van der Waals surface area contributed by atoms with Crippen LogP contribution in [0.4, 0.5) is 8.78 Å². The first-order valence-electron chi connectivity index (χ1n) is 5.49.